The van der Waals surface area contributed by atoms with Gasteiger partial charge in [-0.05, 0) is 13.0 Å². The van der Waals surface area contributed by atoms with Gasteiger partial charge in [-0.15, -0.1) is 0 Å². The summed E-state index contributed by atoms with van der Waals surface area (Å²) in [6.45, 7) is 3.76. The Kier molecular flexibility index (Phi) is 3.57. The van der Waals surface area contributed by atoms with E-state index in [1.54, 1.807) is 11.9 Å². The van der Waals surface area contributed by atoms with Gasteiger partial charge in [-0.3, -0.25) is 4.79 Å². The standard InChI is InChI=1S/C14H19NO3/c1-9(8-16)15(3)14(17)13-10(2)11-6-4-5-7-12(11)18-13/h4-7,9-10,13,16H,8H2,1-3H3. The van der Waals surface area contributed by atoms with Crippen molar-refractivity contribution in [2.45, 2.75) is 31.9 Å². The quantitative estimate of drug-likeness (QED) is 0.880. The number of benzene rings is 1. The second kappa shape index (κ2) is 4.98. The summed E-state index contributed by atoms with van der Waals surface area (Å²) in [5, 5.41) is 9.10. The second-order valence-electron chi connectivity index (χ2n) is 4.85. The van der Waals surface area contributed by atoms with Gasteiger partial charge in [0.05, 0.1) is 12.6 Å². The number of fused-ring (bicyclic) bond motifs is 1. The van der Waals surface area contributed by atoms with E-state index in [-0.39, 0.29) is 24.5 Å². The molecule has 0 aliphatic carbocycles. The van der Waals surface area contributed by atoms with Gasteiger partial charge in [-0.1, -0.05) is 25.1 Å². The Labute approximate surface area is 107 Å². The van der Waals surface area contributed by atoms with Gasteiger partial charge in [0, 0.05) is 18.5 Å². The molecule has 1 aromatic rings. The summed E-state index contributed by atoms with van der Waals surface area (Å²) in [5.41, 5.74) is 1.07. The summed E-state index contributed by atoms with van der Waals surface area (Å²) in [6.07, 6.45) is -0.485. The average Bonchev–Trinajstić information content (AvgIpc) is 2.74. The Morgan fingerprint density at radius 1 is 1.50 bits per heavy atom. The molecule has 0 bridgehead atoms. The van der Waals surface area contributed by atoms with Crippen LogP contribution in [0.5, 0.6) is 5.75 Å². The third kappa shape index (κ3) is 2.08. The molecular formula is C14H19NO3. The Hall–Kier alpha value is -1.55. The summed E-state index contributed by atoms with van der Waals surface area (Å²) in [7, 11) is 1.70. The topological polar surface area (TPSA) is 49.8 Å². The zero-order chi connectivity index (χ0) is 13.3. The lowest BCUT2D eigenvalue weighted by atomic mass is 9.96. The second-order valence-corrected chi connectivity index (χ2v) is 4.85. The van der Waals surface area contributed by atoms with Gasteiger partial charge in [-0.2, -0.15) is 0 Å². The highest BCUT2D eigenvalue weighted by molar-refractivity contribution is 5.83. The number of rotatable bonds is 3. The molecule has 0 fully saturated rings. The van der Waals surface area contributed by atoms with E-state index >= 15 is 0 Å². The Balaban J connectivity index is 2.16. The molecule has 98 valence electrons. The van der Waals surface area contributed by atoms with E-state index in [1.807, 2.05) is 38.1 Å². The van der Waals surface area contributed by atoms with Crippen molar-refractivity contribution in [1.29, 1.82) is 0 Å². The van der Waals surface area contributed by atoms with E-state index < -0.39 is 6.10 Å². The molecule has 3 unspecified atom stereocenters. The zero-order valence-electron chi connectivity index (χ0n) is 11.0. The van der Waals surface area contributed by atoms with Crippen LogP contribution in [0, 0.1) is 0 Å². The van der Waals surface area contributed by atoms with Crippen molar-refractivity contribution >= 4 is 5.91 Å². The van der Waals surface area contributed by atoms with Crippen LogP contribution in [0.4, 0.5) is 0 Å². The monoisotopic (exact) mass is 249 g/mol. The van der Waals surface area contributed by atoms with Crippen molar-refractivity contribution in [3.05, 3.63) is 29.8 Å². The highest BCUT2D eigenvalue weighted by Crippen LogP contribution is 2.38. The van der Waals surface area contributed by atoms with Crippen LogP contribution in [0.1, 0.15) is 25.3 Å². The third-order valence-corrected chi connectivity index (χ3v) is 3.63. The molecule has 0 saturated heterocycles. The molecule has 1 N–H and O–H groups in total. The van der Waals surface area contributed by atoms with Crippen molar-refractivity contribution in [3.8, 4) is 5.75 Å². The predicted molar refractivity (Wildman–Crippen MR) is 68.6 cm³/mol. The molecule has 4 nitrogen and oxygen atoms in total. The van der Waals surface area contributed by atoms with Gasteiger partial charge in [0.15, 0.2) is 6.10 Å². The molecule has 1 aliphatic heterocycles. The fourth-order valence-electron chi connectivity index (χ4n) is 2.17. The van der Waals surface area contributed by atoms with Crippen molar-refractivity contribution in [2.75, 3.05) is 13.7 Å². The van der Waals surface area contributed by atoms with Gasteiger partial charge in [0.2, 0.25) is 0 Å². The normalized spacial score (nSPS) is 23.1. The van der Waals surface area contributed by atoms with Gasteiger partial charge >= 0.3 is 0 Å². The number of aliphatic hydroxyl groups is 1. The first-order valence-corrected chi connectivity index (χ1v) is 6.19. The van der Waals surface area contributed by atoms with E-state index in [2.05, 4.69) is 0 Å². The number of hydrogen-bond acceptors (Lipinski definition) is 3. The number of ether oxygens (including phenoxy) is 1. The van der Waals surface area contributed by atoms with Crippen LogP contribution < -0.4 is 4.74 Å². The van der Waals surface area contributed by atoms with Crippen LogP contribution in [0.15, 0.2) is 24.3 Å². The molecule has 0 spiro atoms. The van der Waals surface area contributed by atoms with Gasteiger partial charge in [0.25, 0.3) is 5.91 Å². The van der Waals surface area contributed by atoms with Gasteiger partial charge < -0.3 is 14.7 Å². The molecule has 2 rings (SSSR count). The predicted octanol–water partition coefficient (Wildman–Crippen LogP) is 1.39. The van der Waals surface area contributed by atoms with E-state index in [0.717, 1.165) is 11.3 Å². The SMILES string of the molecule is CC1c2ccccc2OC1C(=O)N(C)C(C)CO. The lowest BCUT2D eigenvalue weighted by Crippen LogP contribution is -2.45. The number of carbonyl (C=O) groups is 1. The first-order valence-electron chi connectivity index (χ1n) is 6.19. The minimum atomic E-state index is -0.485. The van der Waals surface area contributed by atoms with Crippen LogP contribution in [0.2, 0.25) is 0 Å². The minimum Gasteiger partial charge on any atom is -0.480 e. The summed E-state index contributed by atoms with van der Waals surface area (Å²) >= 11 is 0. The van der Waals surface area contributed by atoms with Crippen LogP contribution in [-0.2, 0) is 4.79 Å². The molecule has 18 heavy (non-hydrogen) atoms. The Morgan fingerprint density at radius 2 is 2.17 bits per heavy atom. The van der Waals surface area contributed by atoms with E-state index in [0.29, 0.717) is 0 Å². The summed E-state index contributed by atoms with van der Waals surface area (Å²) < 4.78 is 5.72. The highest BCUT2D eigenvalue weighted by atomic mass is 16.5. The van der Waals surface area contributed by atoms with E-state index in [4.69, 9.17) is 9.84 Å². The van der Waals surface area contributed by atoms with Crippen molar-refractivity contribution in [2.24, 2.45) is 0 Å². The Bertz CT molecular complexity index is 446. The van der Waals surface area contributed by atoms with E-state index in [9.17, 15) is 4.79 Å². The smallest absolute Gasteiger partial charge is 0.264 e. The fourth-order valence-corrected chi connectivity index (χ4v) is 2.17. The number of likely N-dealkylation sites (N-methyl/N-ethyl adjacent to an activating group) is 1. The molecule has 4 heteroatoms. The number of aliphatic hydroxyl groups excluding tert-OH is 1. The Morgan fingerprint density at radius 3 is 2.78 bits per heavy atom. The van der Waals surface area contributed by atoms with Crippen LogP contribution in [0.25, 0.3) is 0 Å². The van der Waals surface area contributed by atoms with Crippen molar-refractivity contribution in [1.82, 2.24) is 4.90 Å². The molecule has 1 heterocycles. The molecular weight excluding hydrogens is 230 g/mol. The fraction of sp³-hybridized carbons (Fsp3) is 0.500. The average molecular weight is 249 g/mol. The summed E-state index contributed by atoms with van der Waals surface area (Å²) in [6, 6.07) is 7.53. The maximum atomic E-state index is 12.3. The molecule has 1 amide bonds. The number of amides is 1. The summed E-state index contributed by atoms with van der Waals surface area (Å²) in [5.74, 6) is 0.746. The summed E-state index contributed by atoms with van der Waals surface area (Å²) in [4.78, 5) is 13.9. The van der Waals surface area contributed by atoms with E-state index in [1.165, 1.54) is 0 Å². The molecule has 3 atom stereocenters. The molecule has 1 aromatic carbocycles. The molecule has 0 aromatic heterocycles. The van der Waals surface area contributed by atoms with Crippen molar-refractivity contribution < 1.29 is 14.6 Å². The number of hydrogen-bond donors (Lipinski definition) is 1. The van der Waals surface area contributed by atoms with Crippen LogP contribution in [-0.4, -0.2) is 41.7 Å². The lowest BCUT2D eigenvalue weighted by molar-refractivity contribution is -0.139. The van der Waals surface area contributed by atoms with Crippen molar-refractivity contribution in [3.63, 3.8) is 0 Å². The maximum Gasteiger partial charge on any atom is 0.264 e. The van der Waals surface area contributed by atoms with Gasteiger partial charge in [0.1, 0.15) is 5.75 Å². The molecule has 0 radical (unpaired) electrons. The number of nitrogens with zero attached hydrogens (tertiary/aromatic N) is 1. The zero-order valence-corrected chi connectivity index (χ0v) is 11.0. The van der Waals surface area contributed by atoms with Crippen LogP contribution >= 0.6 is 0 Å². The van der Waals surface area contributed by atoms with Gasteiger partial charge in [-0.25, -0.2) is 0 Å². The number of para-hydroxylation sites is 1. The molecule has 0 saturated carbocycles. The van der Waals surface area contributed by atoms with Crippen LogP contribution in [0.3, 0.4) is 0 Å². The maximum absolute atomic E-state index is 12.3. The third-order valence-electron chi connectivity index (χ3n) is 3.63. The highest BCUT2D eigenvalue weighted by Gasteiger charge is 2.38. The minimum absolute atomic E-state index is 0.0436. The first kappa shape index (κ1) is 12.9. The molecule has 1 aliphatic rings. The lowest BCUT2D eigenvalue weighted by Gasteiger charge is -2.27. The first-order chi connectivity index (χ1) is 8.56. The largest absolute Gasteiger partial charge is 0.480 e. The number of carbonyl (C=O) groups excluding carboxylic acids is 1.